The number of hydrogen-bond donors (Lipinski definition) is 2. The van der Waals surface area contributed by atoms with E-state index in [0.717, 1.165) is 31.9 Å². The maximum absolute atomic E-state index is 8.65. The molecule has 0 fully saturated rings. The van der Waals surface area contributed by atoms with E-state index in [4.69, 9.17) is 9.84 Å². The molecule has 0 spiro atoms. The molecular formula is C17H30NO2+. The van der Waals surface area contributed by atoms with E-state index in [1.54, 1.807) is 0 Å². The van der Waals surface area contributed by atoms with Gasteiger partial charge in [0, 0.05) is 0 Å². The Kier molecular flexibility index (Phi) is 7.63. The van der Waals surface area contributed by atoms with E-state index in [1.165, 1.54) is 18.4 Å². The van der Waals surface area contributed by atoms with Crippen LogP contribution in [0.15, 0.2) is 24.3 Å². The van der Waals surface area contributed by atoms with Crippen LogP contribution in [-0.2, 0) is 5.41 Å². The lowest BCUT2D eigenvalue weighted by Gasteiger charge is -2.19. The van der Waals surface area contributed by atoms with Crippen molar-refractivity contribution in [3.05, 3.63) is 29.8 Å². The van der Waals surface area contributed by atoms with Gasteiger partial charge in [0.25, 0.3) is 0 Å². The number of hydrogen-bond acceptors (Lipinski definition) is 2. The molecule has 0 amide bonds. The molecule has 0 atom stereocenters. The molecule has 3 nitrogen and oxygen atoms in total. The fourth-order valence-corrected chi connectivity index (χ4v) is 2.04. The van der Waals surface area contributed by atoms with E-state index in [0.29, 0.717) is 0 Å². The summed E-state index contributed by atoms with van der Waals surface area (Å²) in [6.07, 6.45) is 3.46. The molecule has 1 aromatic rings. The number of unbranched alkanes of at least 4 members (excludes halogenated alkanes) is 2. The van der Waals surface area contributed by atoms with Gasteiger partial charge in [0.15, 0.2) is 0 Å². The van der Waals surface area contributed by atoms with Gasteiger partial charge in [-0.2, -0.15) is 0 Å². The third-order valence-electron chi connectivity index (χ3n) is 3.37. The standard InChI is InChI=1S/C17H29NO2/c1-17(2,3)15-7-9-16(10-8-15)20-14-6-4-5-11-18-12-13-19/h7-10,18-19H,4-6,11-14H2,1-3H3/p+1. The number of quaternary nitrogens is 1. The summed E-state index contributed by atoms with van der Waals surface area (Å²) in [6, 6.07) is 8.43. The second-order valence-corrected chi connectivity index (χ2v) is 6.27. The first kappa shape index (κ1) is 17.0. The van der Waals surface area contributed by atoms with E-state index in [-0.39, 0.29) is 12.0 Å². The maximum Gasteiger partial charge on any atom is 0.119 e. The summed E-state index contributed by atoms with van der Waals surface area (Å²) < 4.78 is 5.75. The van der Waals surface area contributed by atoms with Crippen LogP contribution in [0.3, 0.4) is 0 Å². The fourth-order valence-electron chi connectivity index (χ4n) is 2.04. The Bertz CT molecular complexity index is 354. The highest BCUT2D eigenvalue weighted by atomic mass is 16.5. The topological polar surface area (TPSA) is 46.1 Å². The average molecular weight is 280 g/mol. The van der Waals surface area contributed by atoms with Gasteiger partial charge in [-0.05, 0) is 42.4 Å². The number of aliphatic hydroxyl groups is 1. The molecule has 0 bridgehead atoms. The Balaban J connectivity index is 2.13. The van der Waals surface area contributed by atoms with Crippen LogP contribution in [0.25, 0.3) is 0 Å². The number of aliphatic hydroxyl groups excluding tert-OH is 1. The molecule has 0 aliphatic heterocycles. The second-order valence-electron chi connectivity index (χ2n) is 6.27. The van der Waals surface area contributed by atoms with Crippen molar-refractivity contribution in [2.45, 2.75) is 45.4 Å². The zero-order chi connectivity index (χ0) is 14.8. The van der Waals surface area contributed by atoms with E-state index in [1.807, 2.05) is 0 Å². The van der Waals surface area contributed by atoms with E-state index < -0.39 is 0 Å². The normalized spacial score (nSPS) is 11.6. The molecule has 0 saturated heterocycles. The number of benzene rings is 1. The van der Waals surface area contributed by atoms with E-state index in [2.05, 4.69) is 50.4 Å². The SMILES string of the molecule is CC(C)(C)c1ccc(OCCCCC[NH2+]CCO)cc1. The summed E-state index contributed by atoms with van der Waals surface area (Å²) in [5, 5.41) is 10.8. The first-order valence-electron chi connectivity index (χ1n) is 7.70. The predicted molar refractivity (Wildman–Crippen MR) is 83.2 cm³/mol. The van der Waals surface area contributed by atoms with Gasteiger partial charge in [-0.1, -0.05) is 32.9 Å². The lowest BCUT2D eigenvalue weighted by Crippen LogP contribution is -2.85. The highest BCUT2D eigenvalue weighted by molar-refractivity contribution is 5.31. The van der Waals surface area contributed by atoms with Crippen molar-refractivity contribution in [1.29, 1.82) is 0 Å². The second kappa shape index (κ2) is 8.98. The Morgan fingerprint density at radius 2 is 1.70 bits per heavy atom. The Labute approximate surface area is 123 Å². The third-order valence-corrected chi connectivity index (χ3v) is 3.37. The van der Waals surface area contributed by atoms with Crippen LogP contribution in [0.4, 0.5) is 0 Å². The largest absolute Gasteiger partial charge is 0.494 e. The number of ether oxygens (including phenoxy) is 1. The molecule has 0 aliphatic carbocycles. The van der Waals surface area contributed by atoms with Crippen LogP contribution in [0, 0.1) is 0 Å². The molecule has 1 rings (SSSR count). The van der Waals surface area contributed by atoms with Crippen molar-refractivity contribution in [3.63, 3.8) is 0 Å². The van der Waals surface area contributed by atoms with Gasteiger partial charge in [-0.15, -0.1) is 0 Å². The minimum Gasteiger partial charge on any atom is -0.494 e. The highest BCUT2D eigenvalue weighted by Gasteiger charge is 2.12. The van der Waals surface area contributed by atoms with Gasteiger partial charge in [0.2, 0.25) is 0 Å². The van der Waals surface area contributed by atoms with Crippen molar-refractivity contribution >= 4 is 0 Å². The van der Waals surface area contributed by atoms with Gasteiger partial charge in [0.1, 0.15) is 5.75 Å². The lowest BCUT2D eigenvalue weighted by atomic mass is 9.87. The number of nitrogens with two attached hydrogens (primary N) is 1. The zero-order valence-electron chi connectivity index (χ0n) is 13.2. The molecule has 114 valence electrons. The first-order chi connectivity index (χ1) is 9.54. The molecule has 0 radical (unpaired) electrons. The highest BCUT2D eigenvalue weighted by Crippen LogP contribution is 2.24. The molecule has 1 aromatic carbocycles. The molecule has 0 heterocycles. The third kappa shape index (κ3) is 6.92. The Morgan fingerprint density at radius 1 is 1.00 bits per heavy atom. The summed E-state index contributed by atoms with van der Waals surface area (Å²) in [5.74, 6) is 0.963. The Morgan fingerprint density at radius 3 is 2.30 bits per heavy atom. The first-order valence-corrected chi connectivity index (χ1v) is 7.70. The van der Waals surface area contributed by atoms with E-state index >= 15 is 0 Å². The molecule has 0 saturated carbocycles. The molecule has 3 N–H and O–H groups in total. The van der Waals surface area contributed by atoms with Crippen molar-refractivity contribution < 1.29 is 15.2 Å². The van der Waals surface area contributed by atoms with Crippen LogP contribution >= 0.6 is 0 Å². The van der Waals surface area contributed by atoms with Crippen LogP contribution in [0.1, 0.15) is 45.6 Å². The molecule has 20 heavy (non-hydrogen) atoms. The lowest BCUT2D eigenvalue weighted by molar-refractivity contribution is -0.656. The van der Waals surface area contributed by atoms with Gasteiger partial charge < -0.3 is 15.2 Å². The minimum absolute atomic E-state index is 0.198. The number of rotatable bonds is 9. The summed E-state index contributed by atoms with van der Waals surface area (Å²) in [4.78, 5) is 0. The van der Waals surface area contributed by atoms with Crippen molar-refractivity contribution in [2.24, 2.45) is 0 Å². The quantitative estimate of drug-likeness (QED) is 0.680. The fraction of sp³-hybridized carbons (Fsp3) is 0.647. The molecular weight excluding hydrogens is 250 g/mol. The zero-order valence-corrected chi connectivity index (χ0v) is 13.2. The Hall–Kier alpha value is -1.06. The summed E-state index contributed by atoms with van der Waals surface area (Å²) >= 11 is 0. The average Bonchev–Trinajstić information content (AvgIpc) is 2.41. The molecule has 0 unspecified atom stereocenters. The summed E-state index contributed by atoms with van der Waals surface area (Å²) in [7, 11) is 0. The summed E-state index contributed by atoms with van der Waals surface area (Å²) in [6.45, 7) is 9.63. The molecule has 0 aromatic heterocycles. The maximum atomic E-state index is 8.65. The van der Waals surface area contributed by atoms with Crippen molar-refractivity contribution in [2.75, 3.05) is 26.3 Å². The van der Waals surface area contributed by atoms with Crippen LogP contribution < -0.4 is 10.1 Å². The van der Waals surface area contributed by atoms with Crippen molar-refractivity contribution in [1.82, 2.24) is 0 Å². The van der Waals surface area contributed by atoms with Crippen LogP contribution in [-0.4, -0.2) is 31.4 Å². The van der Waals surface area contributed by atoms with E-state index in [9.17, 15) is 0 Å². The van der Waals surface area contributed by atoms with Gasteiger partial charge >= 0.3 is 0 Å². The molecule has 0 aliphatic rings. The van der Waals surface area contributed by atoms with Crippen molar-refractivity contribution in [3.8, 4) is 5.75 Å². The van der Waals surface area contributed by atoms with Gasteiger partial charge in [-0.25, -0.2) is 0 Å². The van der Waals surface area contributed by atoms with Gasteiger partial charge in [0.05, 0.1) is 26.3 Å². The monoisotopic (exact) mass is 280 g/mol. The smallest absolute Gasteiger partial charge is 0.119 e. The predicted octanol–water partition coefficient (Wildman–Crippen LogP) is 2.09. The summed E-state index contributed by atoms with van der Waals surface area (Å²) in [5.41, 5.74) is 1.54. The van der Waals surface area contributed by atoms with Crippen LogP contribution in [0.2, 0.25) is 0 Å². The minimum atomic E-state index is 0.198. The molecule has 3 heteroatoms. The van der Waals surface area contributed by atoms with Gasteiger partial charge in [-0.3, -0.25) is 0 Å². The van der Waals surface area contributed by atoms with Crippen LogP contribution in [0.5, 0.6) is 5.75 Å².